The lowest BCUT2D eigenvalue weighted by atomic mass is 9.67. The van der Waals surface area contributed by atoms with E-state index in [1.54, 1.807) is 31.1 Å². The van der Waals surface area contributed by atoms with Crippen LogP contribution in [-0.4, -0.2) is 77.1 Å². The molecule has 1 unspecified atom stereocenters. The molecule has 2 aromatic carbocycles. The molecule has 0 saturated carbocycles. The third kappa shape index (κ3) is 5.56. The average molecular weight is 585 g/mol. The summed E-state index contributed by atoms with van der Waals surface area (Å²) in [5, 5.41) is 25.1. The van der Waals surface area contributed by atoms with Gasteiger partial charge in [0, 0.05) is 37.8 Å². The number of benzene rings is 2. The number of likely N-dealkylation sites (tertiary alicyclic amines) is 1. The van der Waals surface area contributed by atoms with E-state index >= 15 is 0 Å². The molecule has 0 spiro atoms. The number of nitriles is 1. The van der Waals surface area contributed by atoms with Crippen molar-refractivity contribution in [2.24, 2.45) is 0 Å². The number of aryl methyl sites for hydroxylation is 2. The van der Waals surface area contributed by atoms with E-state index in [0.717, 1.165) is 28.7 Å². The quantitative estimate of drug-likeness (QED) is 0.264. The molecule has 2 atom stereocenters. The van der Waals surface area contributed by atoms with Gasteiger partial charge < -0.3 is 20.9 Å². The van der Waals surface area contributed by atoms with Crippen LogP contribution in [0.2, 0.25) is 0 Å². The van der Waals surface area contributed by atoms with E-state index in [0.29, 0.717) is 49.2 Å². The number of nitrogens with one attached hydrogen (secondary N) is 5. The molecule has 0 radical (unpaired) electrons. The maximum atomic E-state index is 13.0. The van der Waals surface area contributed by atoms with Crippen LogP contribution in [0.3, 0.4) is 0 Å². The lowest BCUT2D eigenvalue weighted by molar-refractivity contribution is -0.130. The largest absolute Gasteiger partial charge is 0.355 e. The fraction of sp³-hybridized carbons (Fsp3) is 0.419. The molecule has 2 heterocycles. The van der Waals surface area contributed by atoms with Gasteiger partial charge in [-0.1, -0.05) is 12.1 Å². The minimum atomic E-state index is -0.999. The summed E-state index contributed by atoms with van der Waals surface area (Å²) >= 11 is 0. The molecule has 0 bridgehead atoms. The highest BCUT2D eigenvalue weighted by molar-refractivity contribution is 5.95. The van der Waals surface area contributed by atoms with Crippen molar-refractivity contribution in [2.45, 2.75) is 56.5 Å². The van der Waals surface area contributed by atoms with Crippen LogP contribution in [0.4, 0.5) is 0 Å². The number of H-pyrrole nitrogens is 2. The molecule has 5 N–H and O–H groups in total. The summed E-state index contributed by atoms with van der Waals surface area (Å²) in [6.07, 6.45) is 3.05. The van der Waals surface area contributed by atoms with Crippen LogP contribution in [0.15, 0.2) is 41.2 Å². The normalized spacial score (nSPS) is 17.6. The van der Waals surface area contributed by atoms with Gasteiger partial charge in [0.25, 0.3) is 11.8 Å². The van der Waals surface area contributed by atoms with Crippen LogP contribution >= 0.6 is 0 Å². The molecular formula is C31H36N8O4. The molecule has 224 valence electrons. The summed E-state index contributed by atoms with van der Waals surface area (Å²) in [6, 6.07) is 12.6. The molecule has 1 fully saturated rings. The Morgan fingerprint density at radius 1 is 1.07 bits per heavy atom. The van der Waals surface area contributed by atoms with Gasteiger partial charge in [-0.15, -0.1) is 0 Å². The van der Waals surface area contributed by atoms with Crippen molar-refractivity contribution in [1.29, 1.82) is 5.26 Å². The van der Waals surface area contributed by atoms with Gasteiger partial charge in [0.1, 0.15) is 11.9 Å². The van der Waals surface area contributed by atoms with Gasteiger partial charge >= 0.3 is 5.69 Å². The number of hydrogen-bond donors (Lipinski definition) is 5. The number of aromatic nitrogens is 3. The van der Waals surface area contributed by atoms with Crippen LogP contribution < -0.4 is 21.6 Å². The van der Waals surface area contributed by atoms with Crippen molar-refractivity contribution in [3.63, 3.8) is 0 Å². The first-order valence-corrected chi connectivity index (χ1v) is 14.5. The lowest BCUT2D eigenvalue weighted by Gasteiger charge is -2.37. The molecule has 1 aromatic heterocycles. The Labute approximate surface area is 249 Å². The van der Waals surface area contributed by atoms with Crippen LogP contribution in [0, 0.1) is 11.3 Å². The van der Waals surface area contributed by atoms with E-state index in [1.165, 1.54) is 0 Å². The van der Waals surface area contributed by atoms with Crippen molar-refractivity contribution in [3.8, 4) is 6.07 Å². The van der Waals surface area contributed by atoms with E-state index in [1.807, 2.05) is 31.2 Å². The number of hydrogen-bond acceptors (Lipinski definition) is 7. The first kappa shape index (κ1) is 29.7. The number of carbonyl (C=O) groups is 3. The highest BCUT2D eigenvalue weighted by Crippen LogP contribution is 2.46. The highest BCUT2D eigenvalue weighted by Gasteiger charge is 2.45. The standard InChI is InChI=1S/C31H36N8O4/c1-18(35-17-26(40)39-12-4-5-23(39)16-32)15-31(29-36-30(43)38-37-29)24-10-8-21(27(41)33-2)13-19(24)6-7-20-14-22(28(42)34-3)9-11-25(20)31/h8-11,13-14,18,23,35H,4-7,12,15,17H2,1-3H3,(H,33,41)(H,34,42)(H2,36,37,38,43)/t18-,23?/m1/s1. The topological polar surface area (TPSA) is 176 Å². The minimum Gasteiger partial charge on any atom is -0.355 e. The number of rotatable bonds is 8. The summed E-state index contributed by atoms with van der Waals surface area (Å²) in [5.74, 6) is -0.163. The third-order valence-electron chi connectivity index (χ3n) is 8.61. The molecule has 5 rings (SSSR count). The number of fused-ring (bicyclic) bond motifs is 2. The number of carbonyl (C=O) groups excluding carboxylic acids is 3. The zero-order chi connectivity index (χ0) is 30.7. The molecule has 43 heavy (non-hydrogen) atoms. The summed E-state index contributed by atoms with van der Waals surface area (Å²) in [7, 11) is 3.16. The van der Waals surface area contributed by atoms with Crippen LogP contribution in [0.25, 0.3) is 0 Å². The molecule has 1 aliphatic carbocycles. The second-order valence-corrected chi connectivity index (χ2v) is 11.2. The Kier molecular flexibility index (Phi) is 8.45. The van der Waals surface area contributed by atoms with Gasteiger partial charge in [0.2, 0.25) is 5.91 Å². The van der Waals surface area contributed by atoms with E-state index in [9.17, 15) is 24.4 Å². The van der Waals surface area contributed by atoms with Crippen molar-refractivity contribution in [2.75, 3.05) is 27.2 Å². The predicted molar refractivity (Wildman–Crippen MR) is 159 cm³/mol. The smallest absolute Gasteiger partial charge is 0.340 e. The zero-order valence-corrected chi connectivity index (χ0v) is 24.5. The Balaban J connectivity index is 1.62. The molecular weight excluding hydrogens is 548 g/mol. The molecule has 1 saturated heterocycles. The number of nitrogens with zero attached hydrogens (tertiary/aromatic N) is 3. The second-order valence-electron chi connectivity index (χ2n) is 11.2. The Bertz CT molecular complexity index is 1580. The maximum Gasteiger partial charge on any atom is 0.340 e. The van der Waals surface area contributed by atoms with Crippen molar-refractivity contribution in [1.82, 2.24) is 36.0 Å². The molecule has 2 aliphatic rings. The van der Waals surface area contributed by atoms with Gasteiger partial charge in [0.05, 0.1) is 18.0 Å². The monoisotopic (exact) mass is 584 g/mol. The molecule has 12 heteroatoms. The number of amides is 3. The fourth-order valence-electron chi connectivity index (χ4n) is 6.56. The summed E-state index contributed by atoms with van der Waals surface area (Å²) in [4.78, 5) is 55.2. The summed E-state index contributed by atoms with van der Waals surface area (Å²) in [6.45, 7) is 2.58. The third-order valence-corrected chi connectivity index (χ3v) is 8.61. The lowest BCUT2D eigenvalue weighted by Crippen LogP contribution is -2.45. The Morgan fingerprint density at radius 3 is 2.19 bits per heavy atom. The van der Waals surface area contributed by atoms with Crippen molar-refractivity contribution in [3.05, 3.63) is 86.1 Å². The van der Waals surface area contributed by atoms with Crippen LogP contribution in [-0.2, 0) is 23.1 Å². The minimum absolute atomic E-state index is 0.0530. The maximum absolute atomic E-state index is 13.0. The first-order chi connectivity index (χ1) is 20.7. The SMILES string of the molecule is CNC(=O)c1ccc2c(c1)CCc1cc(C(=O)NC)ccc1C2(C[C@@H](C)NCC(=O)N1CCCC1C#N)c1n[nH]c(=O)[nH]1. The van der Waals surface area contributed by atoms with Gasteiger partial charge in [-0.25, -0.2) is 9.89 Å². The Morgan fingerprint density at radius 2 is 1.67 bits per heavy atom. The van der Waals surface area contributed by atoms with Crippen molar-refractivity contribution < 1.29 is 14.4 Å². The highest BCUT2D eigenvalue weighted by atomic mass is 16.2. The van der Waals surface area contributed by atoms with Crippen LogP contribution in [0.5, 0.6) is 0 Å². The van der Waals surface area contributed by atoms with Gasteiger partial charge in [-0.05, 0) is 85.5 Å². The fourth-order valence-corrected chi connectivity index (χ4v) is 6.56. The molecule has 12 nitrogen and oxygen atoms in total. The number of aromatic amines is 2. The van der Waals surface area contributed by atoms with Crippen molar-refractivity contribution >= 4 is 17.7 Å². The second kappa shape index (κ2) is 12.2. The zero-order valence-electron chi connectivity index (χ0n) is 24.5. The van der Waals surface area contributed by atoms with E-state index in [2.05, 4.69) is 37.2 Å². The average Bonchev–Trinajstić information content (AvgIpc) is 3.67. The molecule has 3 aromatic rings. The van der Waals surface area contributed by atoms with Gasteiger partial charge in [0.15, 0.2) is 0 Å². The molecule has 1 aliphatic heterocycles. The van der Waals surface area contributed by atoms with E-state index in [-0.39, 0.29) is 30.3 Å². The van der Waals surface area contributed by atoms with E-state index < -0.39 is 17.1 Å². The summed E-state index contributed by atoms with van der Waals surface area (Å²) in [5.41, 5.74) is 3.14. The Hall–Kier alpha value is -4.76. The molecule has 3 amide bonds. The predicted octanol–water partition coefficient (Wildman–Crippen LogP) is 1.13. The van der Waals surface area contributed by atoms with Gasteiger partial charge in [-0.2, -0.15) is 10.4 Å². The summed E-state index contributed by atoms with van der Waals surface area (Å²) < 4.78 is 0. The van der Waals surface area contributed by atoms with Gasteiger partial charge in [-0.3, -0.25) is 19.4 Å². The first-order valence-electron chi connectivity index (χ1n) is 14.5. The van der Waals surface area contributed by atoms with E-state index in [4.69, 9.17) is 0 Å². The van der Waals surface area contributed by atoms with Crippen LogP contribution in [0.1, 0.15) is 75.0 Å².